The predicted octanol–water partition coefficient (Wildman–Crippen LogP) is 3.33. The molecule has 0 spiro atoms. The van der Waals surface area contributed by atoms with Gasteiger partial charge in [0, 0.05) is 44.5 Å². The van der Waals surface area contributed by atoms with E-state index in [0.29, 0.717) is 38.6 Å². The van der Waals surface area contributed by atoms with E-state index < -0.39 is 4.92 Å². The van der Waals surface area contributed by atoms with Crippen LogP contribution in [0.15, 0.2) is 73.1 Å². The Morgan fingerprint density at radius 2 is 1.82 bits per heavy atom. The molecule has 0 radical (unpaired) electrons. The van der Waals surface area contributed by atoms with Crippen LogP contribution in [0.5, 0.6) is 5.75 Å². The minimum Gasteiger partial charge on any atom is -0.487 e. The molecule has 1 aromatic carbocycles. The van der Waals surface area contributed by atoms with Gasteiger partial charge in [0.15, 0.2) is 0 Å². The number of piperazine rings is 1. The number of amides is 1. The molecule has 1 saturated heterocycles. The number of anilines is 1. The second kappa shape index (κ2) is 10.4. The topological polar surface area (TPSA) is 102 Å². The third-order valence-corrected chi connectivity index (χ3v) is 5.27. The molecule has 4 rings (SSSR count). The lowest BCUT2D eigenvalue weighted by Crippen LogP contribution is -2.48. The number of pyridine rings is 2. The summed E-state index contributed by atoms with van der Waals surface area (Å²) in [6.07, 6.45) is 6.35. The Kier molecular flexibility index (Phi) is 6.89. The number of carbonyl (C=O) groups is 1. The summed E-state index contributed by atoms with van der Waals surface area (Å²) >= 11 is 0. The van der Waals surface area contributed by atoms with Gasteiger partial charge in [-0.2, -0.15) is 0 Å². The van der Waals surface area contributed by atoms with Crippen molar-refractivity contribution in [1.29, 1.82) is 0 Å². The lowest BCUT2D eigenvalue weighted by atomic mass is 10.2. The van der Waals surface area contributed by atoms with E-state index in [2.05, 4.69) is 9.97 Å². The van der Waals surface area contributed by atoms with Crippen LogP contribution in [0.25, 0.3) is 6.08 Å². The molecule has 0 aliphatic carbocycles. The van der Waals surface area contributed by atoms with Crippen LogP contribution < -0.4 is 9.64 Å². The Morgan fingerprint density at radius 1 is 1.03 bits per heavy atom. The lowest BCUT2D eigenvalue weighted by molar-refractivity contribution is -0.385. The van der Waals surface area contributed by atoms with Crippen LogP contribution in [0.3, 0.4) is 0 Å². The van der Waals surface area contributed by atoms with Gasteiger partial charge >= 0.3 is 0 Å². The quantitative estimate of drug-likeness (QED) is 0.312. The highest BCUT2D eigenvalue weighted by molar-refractivity contribution is 5.92. The highest BCUT2D eigenvalue weighted by atomic mass is 16.6. The third kappa shape index (κ3) is 5.91. The van der Waals surface area contributed by atoms with Gasteiger partial charge in [-0.3, -0.25) is 19.9 Å². The summed E-state index contributed by atoms with van der Waals surface area (Å²) < 4.78 is 5.73. The van der Waals surface area contributed by atoms with Gasteiger partial charge in [0.1, 0.15) is 24.4 Å². The van der Waals surface area contributed by atoms with Crippen LogP contribution >= 0.6 is 0 Å². The summed E-state index contributed by atoms with van der Waals surface area (Å²) in [5, 5.41) is 10.8. The molecule has 2 aromatic heterocycles. The fourth-order valence-corrected chi connectivity index (χ4v) is 3.42. The zero-order valence-corrected chi connectivity index (χ0v) is 17.9. The SMILES string of the molecule is O=C(/C=C/c1ccc(OCc2ccccn2)cc1)N1CCN(c2ccc([N+](=O)[O-])cn2)CC1. The molecule has 0 bridgehead atoms. The first kappa shape index (κ1) is 21.9. The van der Waals surface area contributed by atoms with E-state index in [1.807, 2.05) is 47.4 Å². The molecule has 1 aliphatic rings. The molecule has 0 saturated carbocycles. The van der Waals surface area contributed by atoms with Gasteiger partial charge in [0.25, 0.3) is 5.69 Å². The number of benzene rings is 1. The minimum absolute atomic E-state index is 0.0366. The lowest BCUT2D eigenvalue weighted by Gasteiger charge is -2.34. The number of ether oxygens (including phenoxy) is 1. The van der Waals surface area contributed by atoms with E-state index in [4.69, 9.17) is 4.74 Å². The normalized spacial score (nSPS) is 13.8. The Morgan fingerprint density at radius 3 is 2.45 bits per heavy atom. The summed E-state index contributed by atoms with van der Waals surface area (Å²) in [6.45, 7) is 2.75. The number of nitrogens with zero attached hydrogens (tertiary/aromatic N) is 5. The second-order valence-electron chi connectivity index (χ2n) is 7.46. The monoisotopic (exact) mass is 445 g/mol. The van der Waals surface area contributed by atoms with E-state index in [1.54, 1.807) is 29.3 Å². The molecule has 3 heterocycles. The molecular weight excluding hydrogens is 422 g/mol. The van der Waals surface area contributed by atoms with Gasteiger partial charge in [0.2, 0.25) is 5.91 Å². The standard InChI is InChI=1S/C24H23N5O4/c30-24(28-15-13-27(14-16-28)23-10-7-21(17-26-23)29(31)32)11-6-19-4-8-22(9-5-19)33-18-20-3-1-2-12-25-20/h1-12,17H,13-16,18H2/b11-6+. The number of carbonyl (C=O) groups excluding carboxylic acids is 1. The van der Waals surface area contributed by atoms with Gasteiger partial charge in [0.05, 0.1) is 10.6 Å². The summed E-state index contributed by atoms with van der Waals surface area (Å²) in [4.78, 5) is 35.0. The molecule has 3 aromatic rings. The molecule has 0 unspecified atom stereocenters. The highest BCUT2D eigenvalue weighted by Gasteiger charge is 2.21. The van der Waals surface area contributed by atoms with E-state index in [0.717, 1.165) is 17.0 Å². The first-order valence-corrected chi connectivity index (χ1v) is 10.5. The average molecular weight is 445 g/mol. The minimum atomic E-state index is -0.470. The van der Waals surface area contributed by atoms with Crippen molar-refractivity contribution in [2.45, 2.75) is 6.61 Å². The first-order chi connectivity index (χ1) is 16.1. The number of hydrogen-bond acceptors (Lipinski definition) is 7. The molecule has 168 valence electrons. The van der Waals surface area contributed by atoms with Gasteiger partial charge in [-0.25, -0.2) is 4.98 Å². The maximum Gasteiger partial charge on any atom is 0.287 e. The Labute approximate surface area is 191 Å². The van der Waals surface area contributed by atoms with Crippen molar-refractivity contribution in [3.63, 3.8) is 0 Å². The molecule has 1 fully saturated rings. The summed E-state index contributed by atoms with van der Waals surface area (Å²) in [5.74, 6) is 1.36. The van der Waals surface area contributed by atoms with Crippen molar-refractivity contribution in [1.82, 2.24) is 14.9 Å². The molecule has 1 aliphatic heterocycles. The predicted molar refractivity (Wildman–Crippen MR) is 124 cm³/mol. The zero-order chi connectivity index (χ0) is 23.0. The number of nitro groups is 1. The third-order valence-electron chi connectivity index (χ3n) is 5.27. The van der Waals surface area contributed by atoms with Crippen molar-refractivity contribution >= 4 is 23.5 Å². The second-order valence-corrected chi connectivity index (χ2v) is 7.46. The first-order valence-electron chi connectivity index (χ1n) is 10.5. The van der Waals surface area contributed by atoms with Gasteiger partial charge in [-0.15, -0.1) is 0 Å². The molecule has 1 amide bonds. The van der Waals surface area contributed by atoms with E-state index in [1.165, 1.54) is 12.3 Å². The fourth-order valence-electron chi connectivity index (χ4n) is 3.42. The van der Waals surface area contributed by atoms with Crippen molar-refractivity contribution in [2.75, 3.05) is 31.1 Å². The molecule has 33 heavy (non-hydrogen) atoms. The van der Waals surface area contributed by atoms with Crippen LogP contribution in [0.4, 0.5) is 11.5 Å². The zero-order valence-electron chi connectivity index (χ0n) is 17.9. The number of aromatic nitrogens is 2. The fraction of sp³-hybridized carbons (Fsp3) is 0.208. The van der Waals surface area contributed by atoms with Crippen LogP contribution in [0, 0.1) is 10.1 Å². The molecular formula is C24H23N5O4. The number of rotatable bonds is 7. The van der Waals surface area contributed by atoms with Crippen LogP contribution in [0.2, 0.25) is 0 Å². The Bertz CT molecular complexity index is 1110. The van der Waals surface area contributed by atoms with Gasteiger partial charge < -0.3 is 14.5 Å². The van der Waals surface area contributed by atoms with Gasteiger partial charge in [-0.1, -0.05) is 18.2 Å². The van der Waals surface area contributed by atoms with E-state index >= 15 is 0 Å². The summed E-state index contributed by atoms with van der Waals surface area (Å²) in [6, 6.07) is 16.3. The maximum absolute atomic E-state index is 12.6. The van der Waals surface area contributed by atoms with Crippen LogP contribution in [-0.2, 0) is 11.4 Å². The van der Waals surface area contributed by atoms with E-state index in [9.17, 15) is 14.9 Å². The summed E-state index contributed by atoms with van der Waals surface area (Å²) in [5.41, 5.74) is 1.73. The maximum atomic E-state index is 12.6. The van der Waals surface area contributed by atoms with Crippen molar-refractivity contribution in [3.8, 4) is 5.75 Å². The van der Waals surface area contributed by atoms with Crippen LogP contribution in [0.1, 0.15) is 11.3 Å². The number of hydrogen-bond donors (Lipinski definition) is 0. The van der Waals surface area contributed by atoms with Crippen molar-refractivity contribution < 1.29 is 14.5 Å². The van der Waals surface area contributed by atoms with Crippen LogP contribution in [-0.4, -0.2) is 51.9 Å². The van der Waals surface area contributed by atoms with Crippen molar-refractivity contribution in [2.24, 2.45) is 0 Å². The molecule has 0 atom stereocenters. The Balaban J connectivity index is 1.25. The Hall–Kier alpha value is -4.27. The molecule has 9 heteroatoms. The highest BCUT2D eigenvalue weighted by Crippen LogP contribution is 2.18. The van der Waals surface area contributed by atoms with E-state index in [-0.39, 0.29) is 11.6 Å². The average Bonchev–Trinajstić information content (AvgIpc) is 2.87. The largest absolute Gasteiger partial charge is 0.487 e. The van der Waals surface area contributed by atoms with Gasteiger partial charge in [-0.05, 0) is 42.0 Å². The molecule has 9 nitrogen and oxygen atoms in total. The molecule has 0 N–H and O–H groups in total. The summed E-state index contributed by atoms with van der Waals surface area (Å²) in [7, 11) is 0. The van der Waals surface area contributed by atoms with Crippen molar-refractivity contribution in [3.05, 3.63) is 94.4 Å². The smallest absolute Gasteiger partial charge is 0.287 e.